The van der Waals surface area contributed by atoms with Gasteiger partial charge in [-0.2, -0.15) is 0 Å². The predicted molar refractivity (Wildman–Crippen MR) is 71.7 cm³/mol. The maximum absolute atomic E-state index is 5.80. The van der Waals surface area contributed by atoms with Crippen LogP contribution >= 0.6 is 27.3 Å². The Hall–Kier alpha value is -0.870. The van der Waals surface area contributed by atoms with Gasteiger partial charge in [-0.1, -0.05) is 33.3 Å². The van der Waals surface area contributed by atoms with E-state index in [-0.39, 0.29) is 0 Å². The van der Waals surface area contributed by atoms with Crippen molar-refractivity contribution in [2.24, 2.45) is 0 Å². The van der Waals surface area contributed by atoms with Gasteiger partial charge in [0.1, 0.15) is 0 Å². The first-order chi connectivity index (χ1) is 7.74. The van der Waals surface area contributed by atoms with E-state index in [4.69, 9.17) is 5.73 Å². The zero-order chi connectivity index (χ0) is 11.1. The molecule has 0 spiro atoms. The second-order valence-electron chi connectivity index (χ2n) is 3.98. The lowest BCUT2D eigenvalue weighted by molar-refractivity contribution is 0.818. The fourth-order valence-electron chi connectivity index (χ4n) is 2.17. The molecule has 1 aromatic carbocycles. The standard InChI is InChI=1S/C12H11BrN2S/c13-8-5-4-7-2-1-3-10-11(9(7)6-8)16-12(14)15-10/h4-6H,1-3H2,(H2,14,15). The average Bonchev–Trinajstić information content (AvgIpc) is 2.54. The van der Waals surface area contributed by atoms with E-state index in [1.165, 1.54) is 21.7 Å². The Balaban J connectivity index is 2.27. The van der Waals surface area contributed by atoms with Gasteiger partial charge >= 0.3 is 0 Å². The van der Waals surface area contributed by atoms with Crippen LogP contribution in [-0.2, 0) is 12.8 Å². The lowest BCUT2D eigenvalue weighted by atomic mass is 10.0. The Labute approximate surface area is 107 Å². The number of rotatable bonds is 0. The van der Waals surface area contributed by atoms with Crippen LogP contribution in [0.4, 0.5) is 5.13 Å². The minimum Gasteiger partial charge on any atom is -0.375 e. The number of halogens is 1. The Bertz CT molecular complexity index is 548. The molecule has 0 radical (unpaired) electrons. The van der Waals surface area contributed by atoms with Crippen molar-refractivity contribution in [1.29, 1.82) is 0 Å². The molecule has 3 rings (SSSR count). The summed E-state index contributed by atoms with van der Waals surface area (Å²) in [6, 6.07) is 6.48. The molecule has 1 aliphatic rings. The summed E-state index contributed by atoms with van der Waals surface area (Å²) in [6.45, 7) is 0. The quantitative estimate of drug-likeness (QED) is 0.806. The molecular formula is C12H11BrN2S. The summed E-state index contributed by atoms with van der Waals surface area (Å²) in [6.07, 6.45) is 3.33. The number of benzene rings is 1. The number of anilines is 1. The van der Waals surface area contributed by atoms with Crippen molar-refractivity contribution in [2.75, 3.05) is 5.73 Å². The molecular weight excluding hydrogens is 284 g/mol. The summed E-state index contributed by atoms with van der Waals surface area (Å²) in [4.78, 5) is 5.68. The normalized spacial score (nSPS) is 14.1. The first kappa shape index (κ1) is 10.3. The molecule has 0 aliphatic heterocycles. The number of hydrogen-bond donors (Lipinski definition) is 1. The number of hydrogen-bond acceptors (Lipinski definition) is 3. The minimum absolute atomic E-state index is 0.679. The molecule has 0 bridgehead atoms. The summed E-state index contributed by atoms with van der Waals surface area (Å²) in [5, 5.41) is 0.679. The van der Waals surface area contributed by atoms with Crippen LogP contribution in [0, 0.1) is 0 Å². The summed E-state index contributed by atoms with van der Waals surface area (Å²) >= 11 is 5.13. The van der Waals surface area contributed by atoms with E-state index in [1.54, 1.807) is 11.3 Å². The van der Waals surface area contributed by atoms with Gasteiger partial charge in [0.05, 0.1) is 10.6 Å². The topological polar surface area (TPSA) is 38.9 Å². The summed E-state index contributed by atoms with van der Waals surface area (Å²) in [7, 11) is 0. The summed E-state index contributed by atoms with van der Waals surface area (Å²) in [5.74, 6) is 0. The molecule has 0 atom stereocenters. The molecule has 0 saturated heterocycles. The molecule has 0 saturated carbocycles. The summed E-state index contributed by atoms with van der Waals surface area (Å²) < 4.78 is 1.12. The fourth-order valence-corrected chi connectivity index (χ4v) is 3.47. The third-order valence-electron chi connectivity index (χ3n) is 2.89. The number of nitrogens with zero attached hydrogens (tertiary/aromatic N) is 1. The van der Waals surface area contributed by atoms with Gasteiger partial charge in [0.2, 0.25) is 0 Å². The van der Waals surface area contributed by atoms with Gasteiger partial charge in [-0.3, -0.25) is 0 Å². The molecule has 16 heavy (non-hydrogen) atoms. The Kier molecular flexibility index (Phi) is 2.48. The SMILES string of the molecule is Nc1nc2c(s1)-c1cc(Br)ccc1CCC2. The van der Waals surface area contributed by atoms with Crippen LogP contribution in [0.5, 0.6) is 0 Å². The molecule has 82 valence electrons. The minimum atomic E-state index is 0.679. The molecule has 2 N–H and O–H groups in total. The number of aryl methyl sites for hydroxylation is 2. The lowest BCUT2D eigenvalue weighted by Gasteiger charge is -2.05. The Morgan fingerprint density at radius 2 is 2.19 bits per heavy atom. The van der Waals surface area contributed by atoms with Gasteiger partial charge in [-0.15, -0.1) is 0 Å². The number of fused-ring (bicyclic) bond motifs is 3. The van der Waals surface area contributed by atoms with E-state index in [9.17, 15) is 0 Å². The Morgan fingerprint density at radius 3 is 3.06 bits per heavy atom. The third kappa shape index (κ3) is 1.66. The van der Waals surface area contributed by atoms with Crippen LogP contribution in [-0.4, -0.2) is 4.98 Å². The van der Waals surface area contributed by atoms with Crippen LogP contribution in [0.3, 0.4) is 0 Å². The van der Waals surface area contributed by atoms with E-state index in [2.05, 4.69) is 39.1 Å². The molecule has 0 unspecified atom stereocenters. The van der Waals surface area contributed by atoms with Gasteiger partial charge in [-0.05, 0) is 42.5 Å². The van der Waals surface area contributed by atoms with E-state index < -0.39 is 0 Å². The van der Waals surface area contributed by atoms with Crippen LogP contribution < -0.4 is 5.73 Å². The van der Waals surface area contributed by atoms with Crippen molar-refractivity contribution in [3.8, 4) is 10.4 Å². The van der Waals surface area contributed by atoms with Gasteiger partial charge in [0.25, 0.3) is 0 Å². The van der Waals surface area contributed by atoms with Crippen LogP contribution in [0.2, 0.25) is 0 Å². The molecule has 1 heterocycles. The molecule has 1 aromatic heterocycles. The second-order valence-corrected chi connectivity index (χ2v) is 5.93. The van der Waals surface area contributed by atoms with Crippen LogP contribution in [0.25, 0.3) is 10.4 Å². The predicted octanol–water partition coefficient (Wildman–Crippen LogP) is 3.64. The average molecular weight is 295 g/mol. The van der Waals surface area contributed by atoms with E-state index in [0.29, 0.717) is 5.13 Å². The highest BCUT2D eigenvalue weighted by molar-refractivity contribution is 9.10. The zero-order valence-corrected chi connectivity index (χ0v) is 11.1. The first-order valence-corrected chi connectivity index (χ1v) is 6.89. The van der Waals surface area contributed by atoms with Crippen molar-refractivity contribution in [2.45, 2.75) is 19.3 Å². The third-order valence-corrected chi connectivity index (χ3v) is 4.34. The second kappa shape index (κ2) is 3.86. The smallest absolute Gasteiger partial charge is 0.180 e. The maximum atomic E-state index is 5.80. The number of nitrogens with two attached hydrogens (primary N) is 1. The highest BCUT2D eigenvalue weighted by Gasteiger charge is 2.18. The van der Waals surface area contributed by atoms with Crippen molar-refractivity contribution in [1.82, 2.24) is 4.98 Å². The molecule has 2 aromatic rings. The van der Waals surface area contributed by atoms with Crippen molar-refractivity contribution >= 4 is 32.4 Å². The van der Waals surface area contributed by atoms with Gasteiger partial charge in [-0.25, -0.2) is 4.98 Å². The molecule has 1 aliphatic carbocycles. The molecule has 2 nitrogen and oxygen atoms in total. The van der Waals surface area contributed by atoms with E-state index >= 15 is 0 Å². The van der Waals surface area contributed by atoms with Gasteiger partial charge in [0.15, 0.2) is 5.13 Å². The zero-order valence-electron chi connectivity index (χ0n) is 8.66. The summed E-state index contributed by atoms with van der Waals surface area (Å²) in [5.41, 5.74) is 9.68. The monoisotopic (exact) mass is 294 g/mol. The molecule has 0 fully saturated rings. The molecule has 0 amide bonds. The Morgan fingerprint density at radius 1 is 1.31 bits per heavy atom. The van der Waals surface area contributed by atoms with Gasteiger partial charge < -0.3 is 5.73 Å². The number of thiazole rings is 1. The van der Waals surface area contributed by atoms with Gasteiger partial charge in [0, 0.05) is 4.47 Å². The highest BCUT2D eigenvalue weighted by atomic mass is 79.9. The van der Waals surface area contributed by atoms with E-state index in [0.717, 1.165) is 23.7 Å². The van der Waals surface area contributed by atoms with E-state index in [1.807, 2.05) is 0 Å². The van der Waals surface area contributed by atoms with Crippen molar-refractivity contribution in [3.63, 3.8) is 0 Å². The first-order valence-electron chi connectivity index (χ1n) is 5.28. The maximum Gasteiger partial charge on any atom is 0.180 e. The fraction of sp³-hybridized carbons (Fsp3) is 0.250. The van der Waals surface area contributed by atoms with Crippen LogP contribution in [0.15, 0.2) is 22.7 Å². The largest absolute Gasteiger partial charge is 0.375 e. The van der Waals surface area contributed by atoms with Crippen molar-refractivity contribution < 1.29 is 0 Å². The number of nitrogen functional groups attached to an aromatic ring is 1. The van der Waals surface area contributed by atoms with Crippen LogP contribution in [0.1, 0.15) is 17.7 Å². The van der Waals surface area contributed by atoms with Crippen molar-refractivity contribution in [3.05, 3.63) is 33.9 Å². The highest BCUT2D eigenvalue weighted by Crippen LogP contribution is 2.38. The lowest BCUT2D eigenvalue weighted by Crippen LogP contribution is -1.88. The molecule has 4 heteroatoms. The number of aromatic nitrogens is 1.